The quantitative estimate of drug-likeness (QED) is 0.532. The first kappa shape index (κ1) is 20.9. The van der Waals surface area contributed by atoms with Gasteiger partial charge in [-0.05, 0) is 43.3 Å². The Hall–Kier alpha value is -2.84. The zero-order valence-corrected chi connectivity index (χ0v) is 17.5. The van der Waals surface area contributed by atoms with Gasteiger partial charge in [0.05, 0.1) is 18.4 Å². The number of esters is 1. The Balaban J connectivity index is 1.92. The van der Waals surface area contributed by atoms with Crippen LogP contribution in [0.25, 0.3) is 10.2 Å². The fourth-order valence-electron chi connectivity index (χ4n) is 2.64. The van der Waals surface area contributed by atoms with E-state index in [1.54, 1.807) is 48.9 Å². The molecule has 0 saturated heterocycles. The molecule has 0 aliphatic carbocycles. The minimum atomic E-state index is -0.483. The highest BCUT2D eigenvalue weighted by atomic mass is 35.5. The number of amides is 1. The summed E-state index contributed by atoms with van der Waals surface area (Å²) in [5.41, 5.74) is 0.679. The van der Waals surface area contributed by atoms with Gasteiger partial charge in [0.1, 0.15) is 23.6 Å². The van der Waals surface area contributed by atoms with E-state index in [0.29, 0.717) is 26.8 Å². The van der Waals surface area contributed by atoms with Gasteiger partial charge >= 0.3 is 5.97 Å². The lowest BCUT2D eigenvalue weighted by Crippen LogP contribution is -2.24. The molecule has 3 rings (SSSR count). The summed E-state index contributed by atoms with van der Waals surface area (Å²) in [5, 5.41) is 0.576. The second kappa shape index (κ2) is 9.58. The van der Waals surface area contributed by atoms with E-state index in [1.165, 1.54) is 11.3 Å². The van der Waals surface area contributed by atoms with Gasteiger partial charge in [-0.15, -0.1) is 0 Å². The number of nitrogens with zero attached hydrogens (tertiary/aromatic N) is 2. The molecule has 0 radical (unpaired) electrons. The lowest BCUT2D eigenvalue weighted by Gasteiger charge is -2.08. The average molecular weight is 435 g/mol. The Morgan fingerprint density at radius 3 is 2.62 bits per heavy atom. The number of para-hydroxylation sites is 1. The van der Waals surface area contributed by atoms with Crippen molar-refractivity contribution in [3.8, 4) is 11.5 Å². The van der Waals surface area contributed by atoms with Crippen LogP contribution < -0.4 is 14.3 Å². The topological polar surface area (TPSA) is 79.1 Å². The second-order valence-electron chi connectivity index (χ2n) is 5.83. The van der Waals surface area contributed by atoms with Crippen molar-refractivity contribution in [2.24, 2.45) is 4.99 Å². The maximum atomic E-state index is 12.4. The standard InChI is InChI=1S/C20H19ClN2O5S/c1-3-27-18(25)11-23-19-15(26-2)5-4-6-16(19)29-20(23)22-17(24)12-28-14-9-7-13(21)8-10-14/h4-10H,3,11-12H2,1-2H3. The van der Waals surface area contributed by atoms with Gasteiger partial charge in [-0.25, -0.2) is 0 Å². The third-order valence-corrected chi connectivity index (χ3v) is 5.17. The van der Waals surface area contributed by atoms with Crippen LogP contribution in [0.5, 0.6) is 11.5 Å². The normalized spacial score (nSPS) is 11.5. The monoisotopic (exact) mass is 434 g/mol. The molecule has 152 valence electrons. The molecule has 9 heteroatoms. The maximum Gasteiger partial charge on any atom is 0.326 e. The van der Waals surface area contributed by atoms with Crippen LogP contribution >= 0.6 is 22.9 Å². The Kier molecular flexibility index (Phi) is 6.90. The lowest BCUT2D eigenvalue weighted by atomic mass is 10.3. The number of halogens is 1. The molecular weight excluding hydrogens is 416 g/mol. The van der Waals surface area contributed by atoms with Gasteiger partial charge in [-0.1, -0.05) is 29.0 Å². The van der Waals surface area contributed by atoms with E-state index in [4.69, 9.17) is 25.8 Å². The fourth-order valence-corrected chi connectivity index (χ4v) is 3.84. The van der Waals surface area contributed by atoms with Crippen LogP contribution in [0.2, 0.25) is 5.02 Å². The smallest absolute Gasteiger partial charge is 0.326 e. The molecule has 1 amide bonds. The van der Waals surface area contributed by atoms with E-state index < -0.39 is 11.9 Å². The third-order valence-electron chi connectivity index (χ3n) is 3.87. The number of methoxy groups -OCH3 is 1. The van der Waals surface area contributed by atoms with E-state index in [-0.39, 0.29) is 19.8 Å². The molecule has 3 aromatic rings. The van der Waals surface area contributed by atoms with E-state index in [2.05, 4.69) is 4.99 Å². The molecule has 0 saturated carbocycles. The highest BCUT2D eigenvalue weighted by Gasteiger charge is 2.15. The Bertz CT molecular complexity index is 1090. The lowest BCUT2D eigenvalue weighted by molar-refractivity contribution is -0.143. The van der Waals surface area contributed by atoms with Crippen LogP contribution in [0, 0.1) is 0 Å². The Labute approximate surface area is 176 Å². The number of hydrogen-bond acceptors (Lipinski definition) is 6. The van der Waals surface area contributed by atoms with E-state index in [9.17, 15) is 9.59 Å². The first-order chi connectivity index (χ1) is 14.0. The van der Waals surface area contributed by atoms with Crippen molar-refractivity contribution in [2.75, 3.05) is 20.3 Å². The van der Waals surface area contributed by atoms with E-state index >= 15 is 0 Å². The van der Waals surface area contributed by atoms with Gasteiger partial charge in [0.25, 0.3) is 5.91 Å². The summed E-state index contributed by atoms with van der Waals surface area (Å²) in [7, 11) is 1.54. The van der Waals surface area contributed by atoms with E-state index in [1.807, 2.05) is 12.1 Å². The van der Waals surface area contributed by atoms with Gasteiger partial charge in [-0.2, -0.15) is 4.99 Å². The molecule has 1 heterocycles. The minimum absolute atomic E-state index is 0.0850. The summed E-state index contributed by atoms with van der Waals surface area (Å²) in [6.07, 6.45) is 0. The molecular formula is C20H19ClN2O5S. The predicted molar refractivity (Wildman–Crippen MR) is 111 cm³/mol. The van der Waals surface area contributed by atoms with Crippen LogP contribution in [-0.4, -0.2) is 36.8 Å². The van der Waals surface area contributed by atoms with Crippen molar-refractivity contribution < 1.29 is 23.8 Å². The van der Waals surface area contributed by atoms with Crippen LogP contribution in [0.15, 0.2) is 47.5 Å². The first-order valence-electron chi connectivity index (χ1n) is 8.79. The van der Waals surface area contributed by atoms with Crippen molar-refractivity contribution in [1.29, 1.82) is 0 Å². The summed E-state index contributed by atoms with van der Waals surface area (Å²) >= 11 is 7.12. The number of carbonyl (C=O) groups is 2. The zero-order valence-electron chi connectivity index (χ0n) is 15.9. The molecule has 0 atom stereocenters. The average Bonchev–Trinajstić information content (AvgIpc) is 3.04. The molecule has 0 aliphatic rings. The summed E-state index contributed by atoms with van der Waals surface area (Å²) in [6.45, 7) is 1.67. The summed E-state index contributed by atoms with van der Waals surface area (Å²) in [6, 6.07) is 12.2. The van der Waals surface area contributed by atoms with Crippen molar-refractivity contribution in [3.05, 3.63) is 52.3 Å². The van der Waals surface area contributed by atoms with Crippen LogP contribution in [0.3, 0.4) is 0 Å². The molecule has 0 aliphatic heterocycles. The zero-order chi connectivity index (χ0) is 20.8. The number of benzene rings is 2. The number of fused-ring (bicyclic) bond motifs is 1. The SMILES string of the molecule is CCOC(=O)Cn1c(=NC(=O)COc2ccc(Cl)cc2)sc2cccc(OC)c21. The molecule has 1 aromatic heterocycles. The number of aromatic nitrogens is 1. The Morgan fingerprint density at radius 1 is 1.17 bits per heavy atom. The largest absolute Gasteiger partial charge is 0.495 e. The van der Waals surface area contributed by atoms with Crippen LogP contribution in [0.1, 0.15) is 6.92 Å². The number of thiazole rings is 1. The summed E-state index contributed by atoms with van der Waals surface area (Å²) < 4.78 is 18.4. The summed E-state index contributed by atoms with van der Waals surface area (Å²) in [5.74, 6) is 0.178. The van der Waals surface area contributed by atoms with Crippen molar-refractivity contribution in [2.45, 2.75) is 13.5 Å². The molecule has 0 bridgehead atoms. The molecule has 2 aromatic carbocycles. The van der Waals surface area contributed by atoms with Crippen molar-refractivity contribution >= 4 is 45.0 Å². The van der Waals surface area contributed by atoms with Crippen LogP contribution in [0.4, 0.5) is 0 Å². The van der Waals surface area contributed by atoms with Gasteiger partial charge in [0.2, 0.25) is 0 Å². The highest BCUT2D eigenvalue weighted by molar-refractivity contribution is 7.16. The fraction of sp³-hybridized carbons (Fsp3) is 0.250. The van der Waals surface area contributed by atoms with E-state index in [0.717, 1.165) is 4.70 Å². The van der Waals surface area contributed by atoms with Crippen molar-refractivity contribution in [1.82, 2.24) is 4.57 Å². The third kappa shape index (κ3) is 5.16. The predicted octanol–water partition coefficient (Wildman–Crippen LogP) is 3.43. The first-order valence-corrected chi connectivity index (χ1v) is 9.99. The van der Waals surface area contributed by atoms with Gasteiger partial charge < -0.3 is 18.8 Å². The van der Waals surface area contributed by atoms with Gasteiger partial charge in [0, 0.05) is 5.02 Å². The molecule has 7 nitrogen and oxygen atoms in total. The van der Waals surface area contributed by atoms with Gasteiger partial charge in [-0.3, -0.25) is 9.59 Å². The number of carbonyl (C=O) groups excluding carboxylic acids is 2. The minimum Gasteiger partial charge on any atom is -0.495 e. The summed E-state index contributed by atoms with van der Waals surface area (Å²) in [4.78, 5) is 29.0. The molecule has 0 fully saturated rings. The number of ether oxygens (including phenoxy) is 3. The Morgan fingerprint density at radius 2 is 1.93 bits per heavy atom. The number of hydrogen-bond donors (Lipinski definition) is 0. The van der Waals surface area contributed by atoms with Crippen molar-refractivity contribution in [3.63, 3.8) is 0 Å². The molecule has 0 N–H and O–H groups in total. The van der Waals surface area contributed by atoms with Crippen LogP contribution in [-0.2, 0) is 20.9 Å². The van der Waals surface area contributed by atoms with Gasteiger partial charge in [0.15, 0.2) is 11.4 Å². The molecule has 29 heavy (non-hydrogen) atoms. The number of rotatable bonds is 7. The maximum absolute atomic E-state index is 12.4. The molecule has 0 spiro atoms. The highest BCUT2D eigenvalue weighted by Crippen LogP contribution is 2.27. The molecule has 0 unspecified atom stereocenters. The second-order valence-corrected chi connectivity index (χ2v) is 7.28.